The van der Waals surface area contributed by atoms with Crippen LogP contribution in [0.3, 0.4) is 0 Å². The molecular formula is C20H24ClFN2O3. The van der Waals surface area contributed by atoms with Crippen molar-refractivity contribution in [2.24, 2.45) is 11.8 Å². The molecule has 0 radical (unpaired) electrons. The molecule has 146 valence electrons. The largest absolute Gasteiger partial charge is 0.463 e. The van der Waals surface area contributed by atoms with Crippen LogP contribution in [-0.2, 0) is 16.1 Å². The van der Waals surface area contributed by atoms with Crippen LogP contribution in [0.4, 0.5) is 4.39 Å². The molecule has 1 atom stereocenters. The van der Waals surface area contributed by atoms with E-state index in [2.05, 4.69) is 0 Å². The monoisotopic (exact) mass is 394 g/mol. The summed E-state index contributed by atoms with van der Waals surface area (Å²) in [6.07, 6.45) is -1.31. The van der Waals surface area contributed by atoms with Gasteiger partial charge in [-0.3, -0.25) is 5.84 Å². The van der Waals surface area contributed by atoms with Crippen molar-refractivity contribution in [3.63, 3.8) is 0 Å². The topological polar surface area (TPSA) is 75.8 Å². The van der Waals surface area contributed by atoms with E-state index in [1.165, 1.54) is 17.1 Å². The summed E-state index contributed by atoms with van der Waals surface area (Å²) < 4.78 is 18.9. The van der Waals surface area contributed by atoms with E-state index in [0.717, 1.165) is 5.56 Å². The summed E-state index contributed by atoms with van der Waals surface area (Å²) in [6.45, 7) is 4.33. The molecule has 0 heterocycles. The zero-order valence-electron chi connectivity index (χ0n) is 15.4. The lowest BCUT2D eigenvalue weighted by Crippen LogP contribution is -2.41. The van der Waals surface area contributed by atoms with Gasteiger partial charge < -0.3 is 9.84 Å². The van der Waals surface area contributed by atoms with E-state index in [1.807, 2.05) is 13.8 Å². The van der Waals surface area contributed by atoms with E-state index in [0.29, 0.717) is 22.7 Å². The molecule has 7 heteroatoms. The minimum absolute atomic E-state index is 0.0540. The predicted molar refractivity (Wildman–Crippen MR) is 103 cm³/mol. The molecule has 0 unspecified atom stereocenters. The maximum atomic E-state index is 13.9. The molecule has 0 aliphatic rings. The summed E-state index contributed by atoms with van der Waals surface area (Å²) in [5.74, 6) is 5.03. The van der Waals surface area contributed by atoms with Gasteiger partial charge in [-0.1, -0.05) is 49.7 Å². The molecule has 0 spiro atoms. The molecule has 0 fully saturated rings. The fourth-order valence-electron chi connectivity index (χ4n) is 2.45. The van der Waals surface area contributed by atoms with Crippen LogP contribution < -0.4 is 5.84 Å². The van der Waals surface area contributed by atoms with Gasteiger partial charge in [0, 0.05) is 17.1 Å². The van der Waals surface area contributed by atoms with Gasteiger partial charge in [0.05, 0.1) is 13.2 Å². The summed E-state index contributed by atoms with van der Waals surface area (Å²) in [5.41, 5.74) is 1.97. The number of carbonyl (C=O) groups excluding carboxylic acids is 1. The van der Waals surface area contributed by atoms with Crippen LogP contribution >= 0.6 is 11.6 Å². The number of rotatable bonds is 8. The Bertz CT molecular complexity index is 768. The Kier molecular flexibility index (Phi) is 7.74. The number of aliphatic hydroxyl groups is 1. The molecule has 0 amide bonds. The summed E-state index contributed by atoms with van der Waals surface area (Å²) in [6, 6.07) is 11.5. The number of aliphatic hydroxyl groups excluding tert-OH is 1. The third kappa shape index (κ3) is 6.59. The predicted octanol–water partition coefficient (Wildman–Crippen LogP) is 3.38. The van der Waals surface area contributed by atoms with Gasteiger partial charge in [-0.25, -0.2) is 14.2 Å². The third-order valence-corrected chi connectivity index (χ3v) is 4.05. The molecule has 0 bridgehead atoms. The highest BCUT2D eigenvalue weighted by molar-refractivity contribution is 6.30. The second kappa shape index (κ2) is 9.80. The van der Waals surface area contributed by atoms with Crippen LogP contribution in [0.1, 0.15) is 19.4 Å². The van der Waals surface area contributed by atoms with Crippen LogP contribution in [-0.4, -0.2) is 35.3 Å². The van der Waals surface area contributed by atoms with Gasteiger partial charge in [0.15, 0.2) is 6.10 Å². The average Bonchev–Trinajstić information content (AvgIpc) is 2.62. The zero-order chi connectivity index (χ0) is 20.0. The number of hydrazine groups is 1. The molecule has 0 aliphatic heterocycles. The van der Waals surface area contributed by atoms with Gasteiger partial charge in [-0.05, 0) is 35.2 Å². The Balaban J connectivity index is 1.94. The summed E-state index contributed by atoms with van der Waals surface area (Å²) in [7, 11) is 0. The number of hydrogen-bond acceptors (Lipinski definition) is 5. The van der Waals surface area contributed by atoms with Crippen LogP contribution in [0.25, 0.3) is 11.1 Å². The molecule has 3 N–H and O–H groups in total. The van der Waals surface area contributed by atoms with Crippen molar-refractivity contribution < 1.29 is 19.0 Å². The van der Waals surface area contributed by atoms with Crippen molar-refractivity contribution >= 4 is 17.6 Å². The number of nitrogens with two attached hydrogens (primary N) is 1. The molecule has 27 heavy (non-hydrogen) atoms. The quantitative estimate of drug-likeness (QED) is 0.408. The summed E-state index contributed by atoms with van der Waals surface area (Å²) in [4.78, 5) is 11.7. The first-order valence-electron chi connectivity index (χ1n) is 8.65. The van der Waals surface area contributed by atoms with Crippen LogP contribution in [0.2, 0.25) is 5.02 Å². The van der Waals surface area contributed by atoms with E-state index in [9.17, 15) is 14.3 Å². The Morgan fingerprint density at radius 1 is 1.26 bits per heavy atom. The van der Waals surface area contributed by atoms with Gasteiger partial charge in [0.2, 0.25) is 0 Å². The smallest absolute Gasteiger partial charge is 0.336 e. The number of halogens is 2. The lowest BCUT2D eigenvalue weighted by molar-refractivity contribution is -0.155. The van der Waals surface area contributed by atoms with Crippen molar-refractivity contribution in [1.29, 1.82) is 0 Å². The standard InChI is InChI=1S/C20H24ClFN2O3/c1-13(2)12-27-20(26)19(25)11-24(23)10-14-3-5-15(6-4-14)17-9-16(21)7-8-18(17)22/h3-9,13,19,25H,10-12,23H2,1-2H3/t19-/m1/s1. The number of hydrogen-bond donors (Lipinski definition) is 2. The first kappa shape index (κ1) is 21.3. The first-order chi connectivity index (χ1) is 12.8. The maximum Gasteiger partial charge on any atom is 0.336 e. The van der Waals surface area contributed by atoms with E-state index in [1.54, 1.807) is 30.3 Å². The highest BCUT2D eigenvalue weighted by Crippen LogP contribution is 2.26. The first-order valence-corrected chi connectivity index (χ1v) is 9.02. The molecule has 0 saturated carbocycles. The molecule has 0 saturated heterocycles. The number of benzene rings is 2. The Hall–Kier alpha value is -1.99. The van der Waals surface area contributed by atoms with Crippen molar-refractivity contribution in [2.75, 3.05) is 13.2 Å². The fourth-order valence-corrected chi connectivity index (χ4v) is 2.62. The van der Waals surface area contributed by atoms with Gasteiger partial charge in [0.25, 0.3) is 0 Å². The summed E-state index contributed by atoms with van der Waals surface area (Å²) in [5, 5.41) is 11.7. The third-order valence-electron chi connectivity index (χ3n) is 3.82. The van der Waals surface area contributed by atoms with Crippen molar-refractivity contribution in [2.45, 2.75) is 26.5 Å². The van der Waals surface area contributed by atoms with E-state index in [-0.39, 0.29) is 24.9 Å². The minimum Gasteiger partial charge on any atom is -0.463 e. The zero-order valence-corrected chi connectivity index (χ0v) is 16.1. The van der Waals surface area contributed by atoms with Crippen molar-refractivity contribution in [3.05, 3.63) is 58.9 Å². The molecule has 2 rings (SSSR count). The molecule has 0 aromatic heterocycles. The number of ether oxygens (including phenoxy) is 1. The molecular weight excluding hydrogens is 371 g/mol. The molecule has 5 nitrogen and oxygen atoms in total. The molecule has 2 aromatic carbocycles. The lowest BCUT2D eigenvalue weighted by atomic mass is 10.0. The minimum atomic E-state index is -1.31. The second-order valence-corrected chi connectivity index (χ2v) is 7.23. The fraction of sp³-hybridized carbons (Fsp3) is 0.350. The highest BCUT2D eigenvalue weighted by atomic mass is 35.5. The Morgan fingerprint density at radius 3 is 2.56 bits per heavy atom. The number of esters is 1. The second-order valence-electron chi connectivity index (χ2n) is 6.79. The molecule has 2 aromatic rings. The normalized spacial score (nSPS) is 12.4. The Morgan fingerprint density at radius 2 is 1.93 bits per heavy atom. The number of nitrogens with zero attached hydrogens (tertiary/aromatic N) is 1. The van der Waals surface area contributed by atoms with Gasteiger partial charge >= 0.3 is 5.97 Å². The maximum absolute atomic E-state index is 13.9. The highest BCUT2D eigenvalue weighted by Gasteiger charge is 2.19. The van der Waals surface area contributed by atoms with E-state index in [4.69, 9.17) is 22.2 Å². The SMILES string of the molecule is CC(C)COC(=O)[C@H](O)CN(N)Cc1ccc(-c2cc(Cl)ccc2F)cc1. The number of carbonyl (C=O) groups is 1. The van der Waals surface area contributed by atoms with Crippen LogP contribution in [0, 0.1) is 11.7 Å². The average molecular weight is 395 g/mol. The van der Waals surface area contributed by atoms with Gasteiger partial charge in [-0.2, -0.15) is 0 Å². The van der Waals surface area contributed by atoms with Gasteiger partial charge in [-0.15, -0.1) is 0 Å². The van der Waals surface area contributed by atoms with Crippen LogP contribution in [0.15, 0.2) is 42.5 Å². The Labute approximate surface area is 163 Å². The summed E-state index contributed by atoms with van der Waals surface area (Å²) >= 11 is 5.93. The van der Waals surface area contributed by atoms with E-state index < -0.39 is 12.1 Å². The van der Waals surface area contributed by atoms with Crippen LogP contribution in [0.5, 0.6) is 0 Å². The van der Waals surface area contributed by atoms with Crippen molar-refractivity contribution in [3.8, 4) is 11.1 Å². The lowest BCUT2D eigenvalue weighted by Gasteiger charge is -2.20. The van der Waals surface area contributed by atoms with Crippen molar-refractivity contribution in [1.82, 2.24) is 5.01 Å². The van der Waals surface area contributed by atoms with Gasteiger partial charge in [0.1, 0.15) is 5.82 Å². The molecule has 0 aliphatic carbocycles. The van der Waals surface area contributed by atoms with E-state index >= 15 is 0 Å².